The largest absolute Gasteiger partial charge is 0.388 e. The van der Waals surface area contributed by atoms with Crippen molar-refractivity contribution in [3.63, 3.8) is 0 Å². The van der Waals surface area contributed by atoms with E-state index in [1.807, 2.05) is 0 Å². The van der Waals surface area contributed by atoms with Crippen LogP contribution in [0, 0.1) is 23.7 Å². The fraction of sp³-hybridized carbons (Fsp3) is 0.600. The van der Waals surface area contributed by atoms with Gasteiger partial charge in [-0.3, -0.25) is 0 Å². The highest BCUT2D eigenvalue weighted by Gasteiger charge is 2.50. The second-order valence-corrected chi connectivity index (χ2v) is 5.02. The van der Waals surface area contributed by atoms with Gasteiger partial charge in [0.2, 0.25) is 0 Å². The Bertz CT molecular complexity index is 282. The molecule has 0 aromatic rings. The number of hydrogen-bond acceptors (Lipinski definition) is 1. The summed E-state index contributed by atoms with van der Waals surface area (Å²) in [6, 6.07) is 0. The van der Waals surface area contributed by atoms with E-state index in [4.69, 9.17) is 0 Å². The Kier molecular flexibility index (Phi) is 1.37. The Labute approximate surface area is 80.3 Å². The number of aliphatic hydroxyl groups is 1. The van der Waals surface area contributed by atoms with E-state index < -0.39 is 0 Å². The molecule has 3 rings (SSSR count). The minimum atomic E-state index is -0.227. The van der Waals surface area contributed by atoms with Crippen LogP contribution in [0.5, 0.6) is 0 Å². The maximum absolute atomic E-state index is 9.84. The molecule has 0 heterocycles. The zero-order valence-corrected chi connectivity index (χ0v) is 8.24. The summed E-state index contributed by atoms with van der Waals surface area (Å²) >= 11 is 3.43. The number of aliphatic hydroxyl groups excluding tert-OH is 1. The second-order valence-electron chi connectivity index (χ2n) is 4.10. The Morgan fingerprint density at radius 2 is 2.08 bits per heavy atom. The number of hydrogen-bond donors (Lipinski definition) is 1. The molecule has 1 saturated carbocycles. The molecule has 0 spiro atoms. The van der Waals surface area contributed by atoms with Gasteiger partial charge in [0, 0.05) is 10.4 Å². The molecule has 0 amide bonds. The number of halogens is 1. The van der Waals surface area contributed by atoms with Crippen LogP contribution >= 0.6 is 15.9 Å². The van der Waals surface area contributed by atoms with Crippen LogP contribution in [0.3, 0.4) is 0 Å². The van der Waals surface area contributed by atoms with E-state index in [1.165, 1.54) is 6.42 Å². The van der Waals surface area contributed by atoms with Gasteiger partial charge < -0.3 is 5.11 Å². The first kappa shape index (κ1) is 7.34. The zero-order valence-electron chi connectivity index (χ0n) is 6.65. The van der Waals surface area contributed by atoms with Gasteiger partial charge in [0.25, 0.3) is 0 Å². The highest BCUT2D eigenvalue weighted by Crippen LogP contribution is 2.55. The summed E-state index contributed by atoms with van der Waals surface area (Å²) in [5.74, 6) is 2.45. The number of rotatable bonds is 0. The van der Waals surface area contributed by atoms with Crippen LogP contribution in [0.15, 0.2) is 22.7 Å². The fourth-order valence-electron chi connectivity index (χ4n) is 3.04. The Balaban J connectivity index is 2.01. The quantitative estimate of drug-likeness (QED) is 0.628. The highest BCUT2D eigenvalue weighted by atomic mass is 79.9. The number of fused-ring (bicyclic) bond motifs is 5. The van der Waals surface area contributed by atoms with E-state index in [-0.39, 0.29) is 6.10 Å². The Morgan fingerprint density at radius 3 is 2.83 bits per heavy atom. The lowest BCUT2D eigenvalue weighted by Crippen LogP contribution is -2.24. The molecule has 5 atom stereocenters. The first-order valence-electron chi connectivity index (χ1n) is 4.51. The first-order valence-corrected chi connectivity index (χ1v) is 5.30. The molecule has 0 aromatic carbocycles. The summed E-state index contributed by atoms with van der Waals surface area (Å²) in [5, 5.41) is 9.84. The third kappa shape index (κ3) is 0.728. The van der Waals surface area contributed by atoms with Crippen molar-refractivity contribution < 1.29 is 5.11 Å². The molecule has 0 aromatic heterocycles. The van der Waals surface area contributed by atoms with Crippen LogP contribution in [0.1, 0.15) is 6.42 Å². The maximum atomic E-state index is 9.84. The Hall–Kier alpha value is -0.0800. The van der Waals surface area contributed by atoms with Gasteiger partial charge in [-0.1, -0.05) is 34.2 Å². The number of allylic oxidation sites excluding steroid dienone is 3. The van der Waals surface area contributed by atoms with Crippen molar-refractivity contribution in [2.75, 3.05) is 0 Å². The Morgan fingerprint density at radius 1 is 1.33 bits per heavy atom. The van der Waals surface area contributed by atoms with Crippen LogP contribution in [0.2, 0.25) is 0 Å². The van der Waals surface area contributed by atoms with Crippen molar-refractivity contribution in [3.8, 4) is 0 Å². The van der Waals surface area contributed by atoms with Crippen LogP contribution in [-0.4, -0.2) is 11.2 Å². The maximum Gasteiger partial charge on any atom is 0.0891 e. The molecule has 3 aliphatic carbocycles. The minimum absolute atomic E-state index is 0.227. The van der Waals surface area contributed by atoms with Gasteiger partial charge in [-0.2, -0.15) is 0 Å². The second kappa shape index (κ2) is 2.24. The van der Waals surface area contributed by atoms with Crippen LogP contribution in [0.25, 0.3) is 0 Å². The van der Waals surface area contributed by atoms with Crippen molar-refractivity contribution >= 4 is 15.9 Å². The van der Waals surface area contributed by atoms with Crippen molar-refractivity contribution in [3.05, 3.63) is 22.7 Å². The minimum Gasteiger partial charge on any atom is -0.388 e. The molecule has 0 saturated heterocycles. The zero-order chi connectivity index (χ0) is 8.29. The van der Waals surface area contributed by atoms with Gasteiger partial charge in [0.1, 0.15) is 0 Å². The van der Waals surface area contributed by atoms with E-state index in [2.05, 4.69) is 34.2 Å². The molecule has 12 heavy (non-hydrogen) atoms. The van der Waals surface area contributed by atoms with E-state index >= 15 is 0 Å². The molecular weight excluding hydrogens is 216 g/mol. The van der Waals surface area contributed by atoms with Crippen molar-refractivity contribution in [2.24, 2.45) is 23.7 Å². The van der Waals surface area contributed by atoms with E-state index in [0.717, 1.165) is 4.48 Å². The molecule has 2 heteroatoms. The summed E-state index contributed by atoms with van der Waals surface area (Å²) in [4.78, 5) is 0. The van der Waals surface area contributed by atoms with E-state index in [9.17, 15) is 5.11 Å². The molecule has 0 unspecified atom stereocenters. The van der Waals surface area contributed by atoms with Gasteiger partial charge >= 0.3 is 0 Å². The molecule has 1 nitrogen and oxygen atoms in total. The monoisotopic (exact) mass is 226 g/mol. The van der Waals surface area contributed by atoms with Crippen LogP contribution in [0.4, 0.5) is 0 Å². The first-order chi connectivity index (χ1) is 5.77. The molecule has 2 bridgehead atoms. The van der Waals surface area contributed by atoms with Gasteiger partial charge in [-0.25, -0.2) is 0 Å². The smallest absolute Gasteiger partial charge is 0.0891 e. The molecule has 1 fully saturated rings. The SMILES string of the molecule is O[C@@H]1C(Br)=C[C@H]2[C@@H]1[C@H]1C=C[C@H]2C1. The van der Waals surface area contributed by atoms with E-state index in [1.54, 1.807) is 0 Å². The lowest BCUT2D eigenvalue weighted by Gasteiger charge is -2.22. The third-order valence-electron chi connectivity index (χ3n) is 3.58. The molecule has 1 N–H and O–H groups in total. The predicted molar refractivity (Wildman–Crippen MR) is 50.7 cm³/mol. The van der Waals surface area contributed by atoms with Gasteiger partial charge in [0.15, 0.2) is 0 Å². The molecule has 64 valence electrons. The average Bonchev–Trinajstić information content (AvgIpc) is 2.66. The summed E-state index contributed by atoms with van der Waals surface area (Å²) in [7, 11) is 0. The van der Waals surface area contributed by atoms with Crippen molar-refractivity contribution in [1.82, 2.24) is 0 Å². The summed E-state index contributed by atoms with van der Waals surface area (Å²) in [6.07, 6.45) is 7.86. The summed E-state index contributed by atoms with van der Waals surface area (Å²) in [6.45, 7) is 0. The topological polar surface area (TPSA) is 20.2 Å². The summed E-state index contributed by atoms with van der Waals surface area (Å²) < 4.78 is 1.01. The van der Waals surface area contributed by atoms with Gasteiger partial charge in [0.05, 0.1) is 6.10 Å². The molecular formula is C10H11BrO. The normalized spacial score (nSPS) is 54.5. The molecule has 0 radical (unpaired) electrons. The van der Waals surface area contributed by atoms with Crippen molar-refractivity contribution in [2.45, 2.75) is 12.5 Å². The van der Waals surface area contributed by atoms with Crippen LogP contribution < -0.4 is 0 Å². The predicted octanol–water partition coefficient (Wildman–Crippen LogP) is 2.08. The fourth-order valence-corrected chi connectivity index (χ4v) is 3.65. The molecule has 0 aliphatic heterocycles. The van der Waals surface area contributed by atoms with E-state index in [0.29, 0.717) is 23.7 Å². The lowest BCUT2D eigenvalue weighted by atomic mass is 9.84. The standard InChI is InChI=1S/C10H11BrO/c11-8-4-7-5-1-2-6(3-5)9(7)10(8)12/h1-2,4-7,9-10,12H,3H2/t5-,6-,7+,9-,10+/m0/s1. The lowest BCUT2D eigenvalue weighted by molar-refractivity contribution is 0.130. The van der Waals surface area contributed by atoms with Crippen molar-refractivity contribution in [1.29, 1.82) is 0 Å². The third-order valence-corrected chi connectivity index (χ3v) is 4.32. The highest BCUT2D eigenvalue weighted by molar-refractivity contribution is 9.11. The average molecular weight is 227 g/mol. The molecule has 3 aliphatic rings. The van der Waals surface area contributed by atoms with Crippen LogP contribution in [-0.2, 0) is 0 Å². The summed E-state index contributed by atoms with van der Waals surface area (Å²) in [5.41, 5.74) is 0. The van der Waals surface area contributed by atoms with Gasteiger partial charge in [-0.15, -0.1) is 0 Å². The van der Waals surface area contributed by atoms with Gasteiger partial charge in [-0.05, 0) is 24.2 Å².